The summed E-state index contributed by atoms with van der Waals surface area (Å²) in [7, 11) is 0. The minimum atomic E-state index is -0.0735. The molecule has 0 aliphatic heterocycles. The molecule has 0 radical (unpaired) electrons. The molecule has 0 spiro atoms. The van der Waals surface area contributed by atoms with Crippen molar-refractivity contribution in [2.45, 2.75) is 39.7 Å². The van der Waals surface area contributed by atoms with Gasteiger partial charge in [0, 0.05) is 12.1 Å². The maximum Gasteiger partial charge on any atom is 0.238 e. The molecule has 19 heavy (non-hydrogen) atoms. The molecule has 1 atom stereocenters. The number of aromatic nitrogens is 1. The highest BCUT2D eigenvalue weighted by Gasteiger charge is 2.15. The van der Waals surface area contributed by atoms with Crippen molar-refractivity contribution in [2.75, 3.05) is 11.9 Å². The second-order valence-corrected chi connectivity index (χ2v) is 4.84. The highest BCUT2D eigenvalue weighted by molar-refractivity contribution is 5.93. The van der Waals surface area contributed by atoms with E-state index in [1.54, 1.807) is 18.3 Å². The topological polar surface area (TPSA) is 77.2 Å². The standard InChI is InChI=1S/C14H23N3O2/c1-10(2)19-14-12(7-5-9-16-14)17-13(18)11(3)6-4-8-15/h5,7,9-11H,4,6,8,15H2,1-3H3,(H,17,18). The molecule has 5 heteroatoms. The summed E-state index contributed by atoms with van der Waals surface area (Å²) in [6, 6.07) is 3.56. The molecule has 1 unspecified atom stereocenters. The summed E-state index contributed by atoms with van der Waals surface area (Å²) < 4.78 is 5.56. The number of carbonyl (C=O) groups is 1. The van der Waals surface area contributed by atoms with Crippen molar-refractivity contribution >= 4 is 11.6 Å². The van der Waals surface area contributed by atoms with Gasteiger partial charge in [-0.25, -0.2) is 4.98 Å². The van der Waals surface area contributed by atoms with Crippen LogP contribution < -0.4 is 15.8 Å². The number of hydrogen-bond donors (Lipinski definition) is 2. The lowest BCUT2D eigenvalue weighted by molar-refractivity contribution is -0.119. The third kappa shape index (κ3) is 5.26. The summed E-state index contributed by atoms with van der Waals surface area (Å²) in [5.74, 6) is 0.350. The van der Waals surface area contributed by atoms with E-state index in [-0.39, 0.29) is 17.9 Å². The average molecular weight is 265 g/mol. The Morgan fingerprint density at radius 2 is 2.21 bits per heavy atom. The predicted octanol–water partition coefficient (Wildman–Crippen LogP) is 2.18. The van der Waals surface area contributed by atoms with Crippen molar-refractivity contribution in [2.24, 2.45) is 11.7 Å². The first-order chi connectivity index (χ1) is 9.04. The summed E-state index contributed by atoms with van der Waals surface area (Å²) in [5, 5.41) is 2.86. The Bertz CT molecular complexity index is 407. The first-order valence-corrected chi connectivity index (χ1v) is 6.67. The van der Waals surface area contributed by atoms with E-state index < -0.39 is 0 Å². The Morgan fingerprint density at radius 1 is 1.47 bits per heavy atom. The largest absolute Gasteiger partial charge is 0.473 e. The third-order valence-electron chi connectivity index (χ3n) is 2.67. The van der Waals surface area contributed by atoms with E-state index >= 15 is 0 Å². The van der Waals surface area contributed by atoms with Crippen LogP contribution in [0.3, 0.4) is 0 Å². The number of nitrogens with two attached hydrogens (primary N) is 1. The van der Waals surface area contributed by atoms with Crippen molar-refractivity contribution < 1.29 is 9.53 Å². The Labute approximate surface area is 114 Å². The van der Waals surface area contributed by atoms with Gasteiger partial charge in [-0.3, -0.25) is 4.79 Å². The van der Waals surface area contributed by atoms with E-state index in [1.165, 1.54) is 0 Å². The summed E-state index contributed by atoms with van der Waals surface area (Å²) in [6.45, 7) is 6.34. The fraction of sp³-hybridized carbons (Fsp3) is 0.571. The fourth-order valence-electron chi connectivity index (χ4n) is 1.61. The first kappa shape index (κ1) is 15.4. The molecule has 0 aliphatic carbocycles. The van der Waals surface area contributed by atoms with Crippen LogP contribution in [0, 0.1) is 5.92 Å². The lowest BCUT2D eigenvalue weighted by Gasteiger charge is -2.15. The molecule has 1 aromatic rings. The minimum absolute atomic E-state index is 0.0141. The molecule has 0 bridgehead atoms. The Morgan fingerprint density at radius 3 is 2.84 bits per heavy atom. The van der Waals surface area contributed by atoms with Crippen LogP contribution in [0.15, 0.2) is 18.3 Å². The number of carbonyl (C=O) groups excluding carboxylic acids is 1. The lowest BCUT2D eigenvalue weighted by Crippen LogP contribution is -2.22. The van der Waals surface area contributed by atoms with Gasteiger partial charge in [0.05, 0.1) is 6.10 Å². The Hall–Kier alpha value is -1.62. The molecule has 1 aromatic heterocycles. The van der Waals surface area contributed by atoms with Gasteiger partial charge in [0.15, 0.2) is 0 Å². The maximum absolute atomic E-state index is 12.0. The zero-order valence-corrected chi connectivity index (χ0v) is 11.8. The highest BCUT2D eigenvalue weighted by Crippen LogP contribution is 2.22. The number of nitrogens with zero attached hydrogens (tertiary/aromatic N) is 1. The zero-order valence-electron chi connectivity index (χ0n) is 11.8. The van der Waals surface area contributed by atoms with Crippen LogP contribution in [0.25, 0.3) is 0 Å². The SMILES string of the molecule is CC(C)Oc1ncccc1NC(=O)C(C)CCCN. The second-order valence-electron chi connectivity index (χ2n) is 4.84. The van der Waals surface area contributed by atoms with Gasteiger partial charge in [-0.2, -0.15) is 0 Å². The first-order valence-electron chi connectivity index (χ1n) is 6.67. The van der Waals surface area contributed by atoms with Crippen LogP contribution in [0.5, 0.6) is 5.88 Å². The van der Waals surface area contributed by atoms with E-state index in [9.17, 15) is 4.79 Å². The quantitative estimate of drug-likeness (QED) is 0.792. The van der Waals surface area contributed by atoms with Gasteiger partial charge in [0.2, 0.25) is 11.8 Å². The van der Waals surface area contributed by atoms with E-state index in [0.29, 0.717) is 18.1 Å². The van der Waals surface area contributed by atoms with Gasteiger partial charge < -0.3 is 15.8 Å². The number of ether oxygens (including phenoxy) is 1. The number of amides is 1. The number of nitrogens with one attached hydrogen (secondary N) is 1. The van der Waals surface area contributed by atoms with Crippen LogP contribution in [-0.4, -0.2) is 23.5 Å². The van der Waals surface area contributed by atoms with Gasteiger partial charge >= 0.3 is 0 Å². The van der Waals surface area contributed by atoms with E-state index in [2.05, 4.69) is 10.3 Å². The zero-order chi connectivity index (χ0) is 14.3. The van der Waals surface area contributed by atoms with E-state index in [0.717, 1.165) is 12.8 Å². The number of pyridine rings is 1. The predicted molar refractivity (Wildman–Crippen MR) is 76.1 cm³/mol. The number of hydrogen-bond acceptors (Lipinski definition) is 4. The van der Waals surface area contributed by atoms with Crippen molar-refractivity contribution in [3.05, 3.63) is 18.3 Å². The van der Waals surface area contributed by atoms with Crippen LogP contribution in [0.1, 0.15) is 33.6 Å². The summed E-state index contributed by atoms with van der Waals surface area (Å²) in [4.78, 5) is 16.2. The van der Waals surface area contributed by atoms with Gasteiger partial charge in [-0.15, -0.1) is 0 Å². The van der Waals surface area contributed by atoms with Crippen molar-refractivity contribution in [1.82, 2.24) is 4.98 Å². The maximum atomic E-state index is 12.0. The smallest absolute Gasteiger partial charge is 0.238 e. The summed E-state index contributed by atoms with van der Waals surface area (Å²) >= 11 is 0. The fourth-order valence-corrected chi connectivity index (χ4v) is 1.61. The van der Waals surface area contributed by atoms with Gasteiger partial charge in [-0.05, 0) is 45.4 Å². The van der Waals surface area contributed by atoms with Crippen LogP contribution in [-0.2, 0) is 4.79 Å². The minimum Gasteiger partial charge on any atom is -0.473 e. The lowest BCUT2D eigenvalue weighted by atomic mass is 10.0. The molecule has 106 valence electrons. The average Bonchev–Trinajstić information content (AvgIpc) is 2.37. The molecule has 0 aromatic carbocycles. The number of rotatable bonds is 7. The summed E-state index contributed by atoms with van der Waals surface area (Å²) in [5.41, 5.74) is 6.06. The molecular weight excluding hydrogens is 242 g/mol. The van der Waals surface area contributed by atoms with Crippen LogP contribution in [0.4, 0.5) is 5.69 Å². The molecule has 1 amide bonds. The van der Waals surface area contributed by atoms with Crippen molar-refractivity contribution in [3.63, 3.8) is 0 Å². The summed E-state index contributed by atoms with van der Waals surface area (Å²) in [6.07, 6.45) is 3.28. The molecule has 5 nitrogen and oxygen atoms in total. The molecule has 0 saturated heterocycles. The molecular formula is C14H23N3O2. The molecule has 0 saturated carbocycles. The van der Waals surface area contributed by atoms with Crippen LogP contribution in [0.2, 0.25) is 0 Å². The molecule has 1 rings (SSSR count). The molecule has 1 heterocycles. The monoisotopic (exact) mass is 265 g/mol. The van der Waals surface area contributed by atoms with Crippen molar-refractivity contribution in [3.8, 4) is 5.88 Å². The van der Waals surface area contributed by atoms with Gasteiger partial charge in [-0.1, -0.05) is 6.92 Å². The highest BCUT2D eigenvalue weighted by atomic mass is 16.5. The van der Waals surface area contributed by atoms with E-state index in [4.69, 9.17) is 10.5 Å². The Balaban J connectivity index is 2.68. The number of anilines is 1. The van der Waals surface area contributed by atoms with Gasteiger partial charge in [0.25, 0.3) is 0 Å². The molecule has 0 fully saturated rings. The second kappa shape index (κ2) is 7.74. The van der Waals surface area contributed by atoms with Crippen molar-refractivity contribution in [1.29, 1.82) is 0 Å². The van der Waals surface area contributed by atoms with E-state index in [1.807, 2.05) is 20.8 Å². The third-order valence-corrected chi connectivity index (χ3v) is 2.67. The normalized spacial score (nSPS) is 12.3. The molecule has 3 N–H and O–H groups in total. The van der Waals surface area contributed by atoms with Gasteiger partial charge in [0.1, 0.15) is 5.69 Å². The Kier molecular flexibility index (Phi) is 6.29. The molecule has 0 aliphatic rings. The van der Waals surface area contributed by atoms with Crippen LogP contribution >= 0.6 is 0 Å².